The van der Waals surface area contributed by atoms with Crippen LogP contribution in [0.4, 0.5) is 4.79 Å². The van der Waals surface area contributed by atoms with E-state index >= 15 is 0 Å². The molecule has 0 radical (unpaired) electrons. The number of carbonyl (C=O) groups excluding carboxylic acids is 1. The minimum Gasteiger partial charge on any atom is -0.476 e. The van der Waals surface area contributed by atoms with Gasteiger partial charge in [-0.15, -0.1) is 0 Å². The van der Waals surface area contributed by atoms with Crippen molar-refractivity contribution >= 4 is 12.0 Å². The molecule has 112 valence electrons. The molecule has 0 saturated heterocycles. The van der Waals surface area contributed by atoms with Crippen LogP contribution in [0.3, 0.4) is 0 Å². The molecule has 0 aliphatic rings. The monoisotopic (exact) mass is 284 g/mol. The van der Waals surface area contributed by atoms with E-state index in [4.69, 9.17) is 9.84 Å². The fourth-order valence-corrected chi connectivity index (χ4v) is 1.64. The highest BCUT2D eigenvalue weighted by atomic mass is 16.5. The third-order valence-corrected chi connectivity index (χ3v) is 2.47. The molecule has 0 atom stereocenters. The average molecular weight is 284 g/mol. The van der Waals surface area contributed by atoms with E-state index < -0.39 is 11.5 Å². The lowest BCUT2D eigenvalue weighted by Crippen LogP contribution is -2.51. The number of urea groups is 1. The normalized spacial score (nSPS) is 11.2. The summed E-state index contributed by atoms with van der Waals surface area (Å²) in [7, 11) is 1.57. The Labute approximate surface area is 117 Å². The number of rotatable bonds is 7. The average Bonchev–Trinajstić information content (AvgIpc) is 2.76. The molecular weight excluding hydrogens is 264 g/mol. The van der Waals surface area contributed by atoms with Crippen molar-refractivity contribution in [3.05, 3.63) is 18.2 Å². The Morgan fingerprint density at radius 1 is 1.50 bits per heavy atom. The highest BCUT2D eigenvalue weighted by Crippen LogP contribution is 2.01. The van der Waals surface area contributed by atoms with Crippen LogP contribution < -0.4 is 10.6 Å². The zero-order chi connectivity index (χ0) is 15.2. The molecule has 1 aromatic rings. The van der Waals surface area contributed by atoms with Crippen molar-refractivity contribution in [3.8, 4) is 0 Å². The van der Waals surface area contributed by atoms with Gasteiger partial charge in [0.1, 0.15) is 0 Å². The van der Waals surface area contributed by atoms with Gasteiger partial charge in [-0.3, -0.25) is 0 Å². The van der Waals surface area contributed by atoms with Crippen LogP contribution in [0.25, 0.3) is 0 Å². The number of carbonyl (C=O) groups is 2. The first-order valence-electron chi connectivity index (χ1n) is 6.14. The van der Waals surface area contributed by atoms with Gasteiger partial charge in [0.25, 0.3) is 0 Å². The van der Waals surface area contributed by atoms with Crippen LogP contribution in [0.1, 0.15) is 24.3 Å². The second-order valence-electron chi connectivity index (χ2n) is 5.00. The van der Waals surface area contributed by atoms with Gasteiger partial charge in [0.2, 0.25) is 0 Å². The summed E-state index contributed by atoms with van der Waals surface area (Å²) in [4.78, 5) is 26.0. The lowest BCUT2D eigenvalue weighted by molar-refractivity contribution is 0.0691. The molecule has 8 nitrogen and oxygen atoms in total. The van der Waals surface area contributed by atoms with Gasteiger partial charge in [0, 0.05) is 26.4 Å². The molecular formula is C12H20N4O4. The quantitative estimate of drug-likeness (QED) is 0.668. The number of methoxy groups -OCH3 is 1. The maximum absolute atomic E-state index is 11.6. The van der Waals surface area contributed by atoms with Crippen LogP contribution in [0.15, 0.2) is 12.5 Å². The lowest BCUT2D eigenvalue weighted by Gasteiger charge is -2.25. The summed E-state index contributed by atoms with van der Waals surface area (Å²) in [6.45, 7) is 4.92. The SMILES string of the molecule is COCC(C)(C)NC(=O)NCCn1cnc(C(=O)O)c1. The van der Waals surface area contributed by atoms with E-state index in [1.165, 1.54) is 12.5 Å². The smallest absolute Gasteiger partial charge is 0.356 e. The molecule has 3 N–H and O–H groups in total. The minimum absolute atomic E-state index is 0.0179. The fourth-order valence-electron chi connectivity index (χ4n) is 1.64. The Morgan fingerprint density at radius 3 is 2.75 bits per heavy atom. The van der Waals surface area contributed by atoms with Crippen molar-refractivity contribution < 1.29 is 19.4 Å². The van der Waals surface area contributed by atoms with E-state index in [0.717, 1.165) is 0 Å². The number of aromatic carboxylic acids is 1. The van der Waals surface area contributed by atoms with Gasteiger partial charge in [0.05, 0.1) is 18.5 Å². The zero-order valence-corrected chi connectivity index (χ0v) is 11.8. The standard InChI is InChI=1S/C12H20N4O4/c1-12(2,7-20-3)15-11(19)13-4-5-16-6-9(10(17)18)14-8-16/h6,8H,4-5,7H2,1-3H3,(H,17,18)(H2,13,15,19). The van der Waals surface area contributed by atoms with E-state index in [1.54, 1.807) is 11.7 Å². The minimum atomic E-state index is -1.07. The number of aromatic nitrogens is 2. The molecule has 1 heterocycles. The summed E-state index contributed by atoms with van der Waals surface area (Å²) in [6, 6.07) is -0.300. The molecule has 1 rings (SSSR count). The third kappa shape index (κ3) is 5.27. The molecule has 1 aromatic heterocycles. The number of carboxylic acid groups (broad SMARTS) is 1. The molecule has 2 amide bonds. The van der Waals surface area contributed by atoms with Crippen molar-refractivity contribution in [2.45, 2.75) is 25.9 Å². The number of nitrogens with one attached hydrogen (secondary N) is 2. The maximum atomic E-state index is 11.6. The van der Waals surface area contributed by atoms with Gasteiger partial charge in [-0.1, -0.05) is 0 Å². The summed E-state index contributed by atoms with van der Waals surface area (Å²) < 4.78 is 6.60. The van der Waals surface area contributed by atoms with Crippen molar-refractivity contribution in [1.29, 1.82) is 0 Å². The maximum Gasteiger partial charge on any atom is 0.356 e. The van der Waals surface area contributed by atoms with E-state index in [2.05, 4.69) is 15.6 Å². The first-order valence-corrected chi connectivity index (χ1v) is 6.14. The Bertz CT molecular complexity index is 470. The summed E-state index contributed by atoms with van der Waals surface area (Å²) in [5.41, 5.74) is -0.472. The fraction of sp³-hybridized carbons (Fsp3) is 0.583. The summed E-state index contributed by atoms with van der Waals surface area (Å²) in [5, 5.41) is 14.2. The number of nitrogens with zero attached hydrogens (tertiary/aromatic N) is 2. The van der Waals surface area contributed by atoms with Crippen LogP contribution in [-0.4, -0.2) is 52.5 Å². The summed E-state index contributed by atoms with van der Waals surface area (Å²) in [6.07, 6.45) is 2.83. The summed E-state index contributed by atoms with van der Waals surface area (Å²) >= 11 is 0. The van der Waals surface area contributed by atoms with Crippen molar-refractivity contribution in [3.63, 3.8) is 0 Å². The topological polar surface area (TPSA) is 105 Å². The van der Waals surface area contributed by atoms with E-state index in [-0.39, 0.29) is 11.7 Å². The first-order chi connectivity index (χ1) is 9.34. The van der Waals surface area contributed by atoms with Crippen molar-refractivity contribution in [1.82, 2.24) is 20.2 Å². The molecule has 0 aliphatic carbocycles. The molecule has 0 aromatic carbocycles. The van der Waals surface area contributed by atoms with Crippen LogP contribution >= 0.6 is 0 Å². The molecule has 20 heavy (non-hydrogen) atoms. The first kappa shape index (κ1) is 16.0. The molecule has 0 bridgehead atoms. The Balaban J connectivity index is 2.33. The van der Waals surface area contributed by atoms with Gasteiger partial charge < -0.3 is 25.0 Å². The number of hydrogen-bond acceptors (Lipinski definition) is 4. The Kier molecular flexibility index (Phi) is 5.51. The van der Waals surface area contributed by atoms with E-state index in [0.29, 0.717) is 19.7 Å². The van der Waals surface area contributed by atoms with Gasteiger partial charge in [-0.2, -0.15) is 0 Å². The molecule has 0 spiro atoms. The molecule has 0 saturated carbocycles. The zero-order valence-electron chi connectivity index (χ0n) is 11.8. The second kappa shape index (κ2) is 6.90. The predicted molar refractivity (Wildman–Crippen MR) is 71.7 cm³/mol. The largest absolute Gasteiger partial charge is 0.476 e. The van der Waals surface area contributed by atoms with Crippen LogP contribution in [0, 0.1) is 0 Å². The second-order valence-corrected chi connectivity index (χ2v) is 5.00. The molecule has 0 aliphatic heterocycles. The van der Waals surface area contributed by atoms with E-state index in [9.17, 15) is 9.59 Å². The third-order valence-electron chi connectivity index (χ3n) is 2.47. The highest BCUT2D eigenvalue weighted by Gasteiger charge is 2.19. The van der Waals surface area contributed by atoms with Gasteiger partial charge in [-0.25, -0.2) is 14.6 Å². The van der Waals surface area contributed by atoms with E-state index in [1.807, 2.05) is 13.8 Å². The highest BCUT2D eigenvalue weighted by molar-refractivity contribution is 5.84. The molecule has 8 heteroatoms. The molecule has 0 unspecified atom stereocenters. The summed E-state index contributed by atoms with van der Waals surface area (Å²) in [5.74, 6) is -1.07. The van der Waals surface area contributed by atoms with Crippen molar-refractivity contribution in [2.75, 3.05) is 20.3 Å². The van der Waals surface area contributed by atoms with Gasteiger partial charge in [0.15, 0.2) is 5.69 Å². The number of hydrogen-bond donors (Lipinski definition) is 3. The van der Waals surface area contributed by atoms with Crippen LogP contribution in [0.2, 0.25) is 0 Å². The van der Waals surface area contributed by atoms with Crippen LogP contribution in [-0.2, 0) is 11.3 Å². The van der Waals surface area contributed by atoms with Crippen LogP contribution in [0.5, 0.6) is 0 Å². The Morgan fingerprint density at radius 2 is 2.20 bits per heavy atom. The number of imidazole rings is 1. The predicted octanol–water partition coefficient (Wildman–Crippen LogP) is 0.306. The van der Waals surface area contributed by atoms with Crippen molar-refractivity contribution in [2.24, 2.45) is 0 Å². The number of amides is 2. The Hall–Kier alpha value is -2.09. The number of ether oxygens (including phenoxy) is 1. The van der Waals surface area contributed by atoms with Gasteiger partial charge >= 0.3 is 12.0 Å². The lowest BCUT2D eigenvalue weighted by atomic mass is 10.1. The number of carboxylic acids is 1. The van der Waals surface area contributed by atoms with Gasteiger partial charge in [-0.05, 0) is 13.8 Å². The molecule has 0 fully saturated rings.